The van der Waals surface area contributed by atoms with Crippen molar-refractivity contribution in [3.8, 4) is 0 Å². The number of fused-ring (bicyclic) bond motifs is 1. The first kappa shape index (κ1) is 17.0. The van der Waals surface area contributed by atoms with E-state index in [1.54, 1.807) is 0 Å². The predicted molar refractivity (Wildman–Crippen MR) is 102 cm³/mol. The van der Waals surface area contributed by atoms with Gasteiger partial charge in [-0.2, -0.15) is 0 Å². The van der Waals surface area contributed by atoms with Crippen LogP contribution in [0.25, 0.3) is 10.8 Å². The third-order valence-corrected chi connectivity index (χ3v) is 5.91. The van der Waals surface area contributed by atoms with E-state index >= 15 is 0 Å². The summed E-state index contributed by atoms with van der Waals surface area (Å²) in [5, 5.41) is 12.5. The summed E-state index contributed by atoms with van der Waals surface area (Å²) in [6, 6.07) is 15.6. The predicted octanol–water partition coefficient (Wildman–Crippen LogP) is 3.78. The standard InChI is InChI=1S/C22H29NO2/c24-19-12-14-23(16-19)21-10-3-4-11-22(21)25-15-13-18-8-5-7-17-6-1-2-9-20(17)18/h1-2,5-9,19,21-22,24H,3-4,10-16H2. The first-order valence-electron chi connectivity index (χ1n) is 9.81. The van der Waals surface area contributed by atoms with Crippen LogP contribution in [0.5, 0.6) is 0 Å². The molecule has 2 aromatic rings. The Hall–Kier alpha value is -1.42. The molecule has 0 aromatic heterocycles. The van der Waals surface area contributed by atoms with Crippen molar-refractivity contribution in [1.82, 2.24) is 4.90 Å². The summed E-state index contributed by atoms with van der Waals surface area (Å²) < 4.78 is 6.37. The highest BCUT2D eigenvalue weighted by atomic mass is 16.5. The molecular formula is C22H29NO2. The van der Waals surface area contributed by atoms with E-state index in [9.17, 15) is 5.11 Å². The molecule has 134 valence electrons. The van der Waals surface area contributed by atoms with Crippen LogP contribution in [0.2, 0.25) is 0 Å². The second-order valence-corrected chi connectivity index (χ2v) is 7.59. The lowest BCUT2D eigenvalue weighted by Gasteiger charge is -2.37. The number of likely N-dealkylation sites (tertiary alicyclic amines) is 1. The van der Waals surface area contributed by atoms with Crippen molar-refractivity contribution in [2.24, 2.45) is 0 Å². The van der Waals surface area contributed by atoms with E-state index in [-0.39, 0.29) is 6.10 Å². The minimum absolute atomic E-state index is 0.141. The van der Waals surface area contributed by atoms with Gasteiger partial charge in [-0.1, -0.05) is 55.3 Å². The van der Waals surface area contributed by atoms with Crippen LogP contribution in [0.15, 0.2) is 42.5 Å². The first-order valence-corrected chi connectivity index (χ1v) is 9.81. The van der Waals surface area contributed by atoms with Gasteiger partial charge < -0.3 is 9.84 Å². The maximum Gasteiger partial charge on any atom is 0.0730 e. The smallest absolute Gasteiger partial charge is 0.0730 e. The highest BCUT2D eigenvalue weighted by Crippen LogP contribution is 2.28. The van der Waals surface area contributed by atoms with Gasteiger partial charge >= 0.3 is 0 Å². The van der Waals surface area contributed by atoms with Gasteiger partial charge in [0.15, 0.2) is 0 Å². The van der Waals surface area contributed by atoms with Gasteiger partial charge in [0.1, 0.15) is 0 Å². The van der Waals surface area contributed by atoms with Gasteiger partial charge in [-0.3, -0.25) is 4.90 Å². The average Bonchev–Trinajstić information content (AvgIpc) is 3.08. The molecule has 25 heavy (non-hydrogen) atoms. The summed E-state index contributed by atoms with van der Waals surface area (Å²) in [7, 11) is 0. The third-order valence-electron chi connectivity index (χ3n) is 5.91. The molecule has 1 saturated carbocycles. The van der Waals surface area contributed by atoms with E-state index in [4.69, 9.17) is 4.74 Å². The third kappa shape index (κ3) is 3.89. The fourth-order valence-corrected chi connectivity index (χ4v) is 4.59. The molecule has 3 heteroatoms. The average molecular weight is 339 g/mol. The molecule has 0 radical (unpaired) electrons. The van der Waals surface area contributed by atoms with Crippen molar-refractivity contribution in [3.63, 3.8) is 0 Å². The van der Waals surface area contributed by atoms with E-state index in [1.165, 1.54) is 35.6 Å². The number of aliphatic hydroxyl groups is 1. The summed E-state index contributed by atoms with van der Waals surface area (Å²) in [5.41, 5.74) is 1.38. The van der Waals surface area contributed by atoms with Crippen LogP contribution in [0.1, 0.15) is 37.7 Å². The molecule has 1 aliphatic carbocycles. The van der Waals surface area contributed by atoms with E-state index in [2.05, 4.69) is 47.4 Å². The molecule has 3 unspecified atom stereocenters. The van der Waals surface area contributed by atoms with Crippen LogP contribution >= 0.6 is 0 Å². The number of hydrogen-bond acceptors (Lipinski definition) is 3. The summed E-state index contributed by atoms with van der Waals surface area (Å²) in [4.78, 5) is 2.46. The zero-order valence-electron chi connectivity index (χ0n) is 14.9. The minimum atomic E-state index is -0.141. The largest absolute Gasteiger partial charge is 0.392 e. The number of β-amino-alcohol motifs (C(OH)–C–C–N with tert-alkyl or cyclic N) is 1. The van der Waals surface area contributed by atoms with Gasteiger partial charge in [0.25, 0.3) is 0 Å². The van der Waals surface area contributed by atoms with Crippen LogP contribution in [0, 0.1) is 0 Å². The molecule has 0 spiro atoms. The Bertz CT molecular complexity index is 696. The van der Waals surface area contributed by atoms with Crippen molar-refractivity contribution < 1.29 is 9.84 Å². The Kier molecular flexibility index (Phi) is 5.35. The topological polar surface area (TPSA) is 32.7 Å². The lowest BCUT2D eigenvalue weighted by Crippen LogP contribution is -2.46. The van der Waals surface area contributed by atoms with E-state index in [0.717, 1.165) is 39.0 Å². The Morgan fingerprint density at radius 3 is 2.72 bits per heavy atom. The number of nitrogens with zero attached hydrogens (tertiary/aromatic N) is 1. The second-order valence-electron chi connectivity index (χ2n) is 7.59. The molecule has 1 saturated heterocycles. The number of ether oxygens (including phenoxy) is 1. The quantitative estimate of drug-likeness (QED) is 0.900. The zero-order valence-corrected chi connectivity index (χ0v) is 14.9. The Labute approximate surface area is 150 Å². The molecule has 0 bridgehead atoms. The SMILES string of the molecule is OC1CCN(C2CCCCC2OCCc2cccc3ccccc23)C1. The van der Waals surface area contributed by atoms with Gasteiger partial charge in [0, 0.05) is 19.1 Å². The molecule has 1 aliphatic heterocycles. The molecule has 0 amide bonds. The lowest BCUT2D eigenvalue weighted by molar-refractivity contribution is -0.0315. The minimum Gasteiger partial charge on any atom is -0.392 e. The van der Waals surface area contributed by atoms with Gasteiger partial charge in [-0.25, -0.2) is 0 Å². The maximum absolute atomic E-state index is 9.86. The molecule has 3 nitrogen and oxygen atoms in total. The maximum atomic E-state index is 9.86. The van der Waals surface area contributed by atoms with Crippen LogP contribution in [-0.4, -0.2) is 48.0 Å². The van der Waals surface area contributed by atoms with Crippen molar-refractivity contribution in [1.29, 1.82) is 0 Å². The molecule has 1 heterocycles. The van der Waals surface area contributed by atoms with E-state index in [0.29, 0.717) is 12.1 Å². The van der Waals surface area contributed by atoms with Crippen LogP contribution < -0.4 is 0 Å². The Morgan fingerprint density at radius 2 is 1.84 bits per heavy atom. The van der Waals surface area contributed by atoms with Crippen molar-refractivity contribution in [2.45, 2.75) is 56.8 Å². The van der Waals surface area contributed by atoms with E-state index < -0.39 is 0 Å². The van der Waals surface area contributed by atoms with Crippen molar-refractivity contribution >= 4 is 10.8 Å². The molecule has 2 aliphatic rings. The van der Waals surface area contributed by atoms with Gasteiger partial charge in [0.05, 0.1) is 18.8 Å². The molecular weight excluding hydrogens is 310 g/mol. The molecule has 1 N–H and O–H groups in total. The Balaban J connectivity index is 1.38. The lowest BCUT2D eigenvalue weighted by atomic mass is 9.91. The monoisotopic (exact) mass is 339 g/mol. The number of rotatable bonds is 5. The van der Waals surface area contributed by atoms with Crippen LogP contribution in [-0.2, 0) is 11.2 Å². The first-order chi connectivity index (χ1) is 12.3. The summed E-state index contributed by atoms with van der Waals surface area (Å²) in [6.07, 6.45) is 7.00. The van der Waals surface area contributed by atoms with Crippen molar-refractivity contribution in [3.05, 3.63) is 48.0 Å². The van der Waals surface area contributed by atoms with Crippen LogP contribution in [0.3, 0.4) is 0 Å². The highest BCUT2D eigenvalue weighted by Gasteiger charge is 2.34. The second kappa shape index (κ2) is 7.86. The van der Waals surface area contributed by atoms with Gasteiger partial charge in [-0.05, 0) is 42.0 Å². The highest BCUT2D eigenvalue weighted by molar-refractivity contribution is 5.85. The molecule has 4 rings (SSSR count). The summed E-state index contributed by atoms with van der Waals surface area (Å²) in [6.45, 7) is 2.63. The fourth-order valence-electron chi connectivity index (χ4n) is 4.59. The number of benzene rings is 2. The summed E-state index contributed by atoms with van der Waals surface area (Å²) >= 11 is 0. The number of aliphatic hydroxyl groups excluding tert-OH is 1. The summed E-state index contributed by atoms with van der Waals surface area (Å²) in [5.74, 6) is 0. The molecule has 3 atom stereocenters. The molecule has 2 aromatic carbocycles. The van der Waals surface area contributed by atoms with Gasteiger partial charge in [0.2, 0.25) is 0 Å². The zero-order chi connectivity index (χ0) is 17.1. The fraction of sp³-hybridized carbons (Fsp3) is 0.545. The normalized spacial score (nSPS) is 27.8. The van der Waals surface area contributed by atoms with Gasteiger partial charge in [-0.15, -0.1) is 0 Å². The van der Waals surface area contributed by atoms with Crippen molar-refractivity contribution in [2.75, 3.05) is 19.7 Å². The van der Waals surface area contributed by atoms with E-state index in [1.807, 2.05) is 0 Å². The number of hydrogen-bond donors (Lipinski definition) is 1. The Morgan fingerprint density at radius 1 is 1.00 bits per heavy atom. The van der Waals surface area contributed by atoms with Crippen LogP contribution in [0.4, 0.5) is 0 Å². The molecule has 2 fully saturated rings.